The largest absolute Gasteiger partial charge is 0.444 e. The summed E-state index contributed by atoms with van der Waals surface area (Å²) in [5.41, 5.74) is 1.02. The zero-order valence-electron chi connectivity index (χ0n) is 9.78. The number of hydrogen-bond donors (Lipinski definition) is 0. The van der Waals surface area contributed by atoms with Crippen molar-refractivity contribution in [1.82, 2.24) is 0 Å². The van der Waals surface area contributed by atoms with Crippen LogP contribution in [0, 0.1) is 0 Å². The summed E-state index contributed by atoms with van der Waals surface area (Å²) >= 11 is 0. The summed E-state index contributed by atoms with van der Waals surface area (Å²) in [5, 5.41) is 0. The molecule has 0 aliphatic carbocycles. The van der Waals surface area contributed by atoms with E-state index in [1.54, 1.807) is 0 Å². The molecule has 88 valence electrons. The van der Waals surface area contributed by atoms with Crippen LogP contribution in [0.3, 0.4) is 0 Å². The molecule has 15 heavy (non-hydrogen) atoms. The van der Waals surface area contributed by atoms with Gasteiger partial charge in [-0.05, 0) is 33.3 Å². The Morgan fingerprint density at radius 1 is 1.33 bits per heavy atom. The van der Waals surface area contributed by atoms with E-state index in [4.69, 9.17) is 14.0 Å². The van der Waals surface area contributed by atoms with Gasteiger partial charge in [-0.25, -0.2) is 0 Å². The molecular formula is C10H19O4P. The van der Waals surface area contributed by atoms with Crippen molar-refractivity contribution >= 4 is 7.37 Å². The summed E-state index contributed by atoms with van der Waals surface area (Å²) in [7, 11) is -2.84. The van der Waals surface area contributed by atoms with E-state index in [0.29, 0.717) is 19.4 Å². The van der Waals surface area contributed by atoms with Gasteiger partial charge >= 0.3 is 7.37 Å². The van der Waals surface area contributed by atoms with Crippen molar-refractivity contribution < 1.29 is 18.6 Å². The monoisotopic (exact) mass is 234 g/mol. The molecule has 0 N–H and O–H groups in total. The van der Waals surface area contributed by atoms with Gasteiger partial charge in [-0.1, -0.05) is 0 Å². The molecule has 0 aromatic carbocycles. The molecule has 1 rings (SSSR count). The Labute approximate surface area is 91.0 Å². The highest BCUT2D eigenvalue weighted by Crippen LogP contribution is 2.60. The Hall–Kier alpha value is -0.310. The topological polar surface area (TPSA) is 44.8 Å². The second kappa shape index (κ2) is 5.15. The fourth-order valence-corrected chi connectivity index (χ4v) is 4.02. The third kappa shape index (κ3) is 2.83. The van der Waals surface area contributed by atoms with Crippen molar-refractivity contribution in [1.29, 1.82) is 0 Å². The molecule has 1 heterocycles. The average Bonchev–Trinajstić information content (AvgIpc) is 2.42. The lowest BCUT2D eigenvalue weighted by Crippen LogP contribution is -2.18. The van der Waals surface area contributed by atoms with Crippen molar-refractivity contribution in [3.8, 4) is 0 Å². The third-order valence-corrected chi connectivity index (χ3v) is 4.73. The van der Waals surface area contributed by atoms with Gasteiger partial charge in [0.1, 0.15) is 5.76 Å². The summed E-state index contributed by atoms with van der Waals surface area (Å²) < 4.78 is 28.5. The minimum absolute atomic E-state index is 0.434. The highest BCUT2D eigenvalue weighted by molar-refractivity contribution is 7.60. The Bertz CT molecular complexity index is 274. The summed E-state index contributed by atoms with van der Waals surface area (Å²) in [4.78, 5) is 0. The number of allylic oxidation sites excluding steroid dienone is 2. The summed E-state index contributed by atoms with van der Waals surface area (Å²) in [6.45, 7) is 8.38. The van der Waals surface area contributed by atoms with E-state index >= 15 is 0 Å². The van der Waals surface area contributed by atoms with Gasteiger partial charge < -0.3 is 14.0 Å². The van der Waals surface area contributed by atoms with E-state index in [0.717, 1.165) is 11.3 Å². The minimum Gasteiger partial charge on any atom is -0.444 e. The lowest BCUT2D eigenvalue weighted by molar-refractivity contribution is -0.0870. The molecule has 0 amide bonds. The Kier molecular flexibility index (Phi) is 4.38. The van der Waals surface area contributed by atoms with Gasteiger partial charge in [0.25, 0.3) is 0 Å². The van der Waals surface area contributed by atoms with Crippen LogP contribution in [0.5, 0.6) is 0 Å². The molecule has 0 radical (unpaired) electrons. The predicted molar refractivity (Wildman–Crippen MR) is 59.0 cm³/mol. The molecule has 0 aromatic heterocycles. The molecule has 0 bridgehead atoms. The van der Waals surface area contributed by atoms with Crippen molar-refractivity contribution in [2.75, 3.05) is 19.4 Å². The first-order chi connectivity index (χ1) is 7.03. The van der Waals surface area contributed by atoms with Crippen molar-refractivity contribution in [2.24, 2.45) is 0 Å². The minimum atomic E-state index is -2.84. The van der Waals surface area contributed by atoms with Gasteiger partial charge in [0.15, 0.2) is 0 Å². The highest BCUT2D eigenvalue weighted by atomic mass is 31.2. The van der Waals surface area contributed by atoms with Gasteiger partial charge in [0.05, 0.1) is 6.16 Å². The molecular weight excluding hydrogens is 215 g/mol. The zero-order chi connectivity index (χ0) is 11.5. The van der Waals surface area contributed by atoms with E-state index in [1.807, 2.05) is 27.7 Å². The second-order valence-electron chi connectivity index (χ2n) is 3.53. The first-order valence-corrected chi connectivity index (χ1v) is 7.09. The quantitative estimate of drug-likeness (QED) is 0.542. The fourth-order valence-electron chi connectivity index (χ4n) is 1.46. The number of ether oxygens (including phenoxy) is 2. The van der Waals surface area contributed by atoms with Crippen LogP contribution in [0.4, 0.5) is 0 Å². The lowest BCUT2D eigenvalue weighted by Gasteiger charge is -2.23. The van der Waals surface area contributed by atoms with E-state index < -0.39 is 13.4 Å². The van der Waals surface area contributed by atoms with E-state index in [9.17, 15) is 4.57 Å². The van der Waals surface area contributed by atoms with Crippen molar-refractivity contribution in [3.05, 3.63) is 11.3 Å². The first-order valence-electron chi connectivity index (χ1n) is 5.21. The zero-order valence-corrected chi connectivity index (χ0v) is 10.7. The SMILES string of the molecule is CCOC(OCC)P1(=O)CC(C)=C(C)O1. The normalized spacial score (nSPS) is 26.2. The van der Waals surface area contributed by atoms with Gasteiger partial charge in [-0.15, -0.1) is 0 Å². The van der Waals surface area contributed by atoms with Crippen LogP contribution in [0.25, 0.3) is 0 Å². The molecule has 0 spiro atoms. The molecule has 5 heteroatoms. The Morgan fingerprint density at radius 3 is 2.20 bits per heavy atom. The van der Waals surface area contributed by atoms with Gasteiger partial charge in [0, 0.05) is 13.2 Å². The summed E-state index contributed by atoms with van der Waals surface area (Å²) in [5.74, 6) is 0.739. The van der Waals surface area contributed by atoms with Crippen LogP contribution in [-0.2, 0) is 18.6 Å². The summed E-state index contributed by atoms with van der Waals surface area (Å²) in [6, 6.07) is -0.722. The van der Waals surface area contributed by atoms with Gasteiger partial charge in [-0.3, -0.25) is 4.57 Å². The number of hydrogen-bond acceptors (Lipinski definition) is 4. The molecule has 0 fully saturated rings. The molecule has 1 atom stereocenters. The molecule has 1 aliphatic rings. The van der Waals surface area contributed by atoms with Crippen molar-refractivity contribution in [3.63, 3.8) is 0 Å². The second-order valence-corrected chi connectivity index (χ2v) is 5.90. The van der Waals surface area contributed by atoms with Gasteiger partial charge in [0.2, 0.25) is 6.03 Å². The van der Waals surface area contributed by atoms with E-state index in [2.05, 4.69) is 0 Å². The van der Waals surface area contributed by atoms with Crippen LogP contribution in [-0.4, -0.2) is 25.4 Å². The standard InChI is InChI=1S/C10H19O4P/c1-5-12-10(13-6-2)15(11)7-8(3)9(4)14-15/h10H,5-7H2,1-4H3. The highest BCUT2D eigenvalue weighted by Gasteiger charge is 2.42. The molecule has 0 saturated carbocycles. The van der Waals surface area contributed by atoms with Crippen LogP contribution >= 0.6 is 7.37 Å². The van der Waals surface area contributed by atoms with Crippen LogP contribution in [0.2, 0.25) is 0 Å². The molecule has 4 nitrogen and oxygen atoms in total. The maximum atomic E-state index is 12.4. The van der Waals surface area contributed by atoms with Crippen LogP contribution < -0.4 is 0 Å². The fraction of sp³-hybridized carbons (Fsp3) is 0.800. The average molecular weight is 234 g/mol. The van der Waals surface area contributed by atoms with Gasteiger partial charge in [-0.2, -0.15) is 0 Å². The summed E-state index contributed by atoms with van der Waals surface area (Å²) in [6.07, 6.45) is 0.434. The molecule has 0 aromatic rings. The molecule has 0 saturated heterocycles. The number of rotatable bonds is 5. The van der Waals surface area contributed by atoms with E-state index in [-0.39, 0.29) is 0 Å². The third-order valence-electron chi connectivity index (χ3n) is 2.29. The Balaban J connectivity index is 2.73. The van der Waals surface area contributed by atoms with Crippen molar-refractivity contribution in [2.45, 2.75) is 33.7 Å². The Morgan fingerprint density at radius 2 is 1.87 bits per heavy atom. The molecule has 1 unspecified atom stereocenters. The maximum absolute atomic E-state index is 12.4. The lowest BCUT2D eigenvalue weighted by atomic mass is 10.3. The van der Waals surface area contributed by atoms with Crippen LogP contribution in [0.15, 0.2) is 11.3 Å². The smallest absolute Gasteiger partial charge is 0.306 e. The predicted octanol–water partition coefficient (Wildman–Crippen LogP) is 2.95. The maximum Gasteiger partial charge on any atom is 0.306 e. The van der Waals surface area contributed by atoms with Crippen LogP contribution in [0.1, 0.15) is 27.7 Å². The molecule has 1 aliphatic heterocycles. The van der Waals surface area contributed by atoms with E-state index in [1.165, 1.54) is 0 Å². The first kappa shape index (κ1) is 12.8.